The Morgan fingerprint density at radius 2 is 1.83 bits per heavy atom. The molecule has 6 heteroatoms. The number of benzene rings is 1. The molecule has 0 saturated carbocycles. The van der Waals surface area contributed by atoms with Crippen LogP contribution < -0.4 is 5.32 Å². The summed E-state index contributed by atoms with van der Waals surface area (Å²) in [5, 5.41) is 3.86. The number of imidazole rings is 1. The van der Waals surface area contributed by atoms with E-state index in [1.165, 1.54) is 12.1 Å². The number of pyridine rings is 2. The lowest BCUT2D eigenvalue weighted by Crippen LogP contribution is -1.97. The van der Waals surface area contributed by atoms with Crippen LogP contribution in [0.3, 0.4) is 0 Å². The van der Waals surface area contributed by atoms with Crippen LogP contribution in [0.4, 0.5) is 15.9 Å². The Labute approximate surface area is 142 Å². The largest absolute Gasteiger partial charge is 0.339 e. The van der Waals surface area contributed by atoms with Crippen LogP contribution in [0.5, 0.6) is 0 Å². The van der Waals surface area contributed by atoms with Crippen molar-refractivity contribution in [1.82, 2.24) is 14.4 Å². The van der Waals surface area contributed by atoms with Crippen LogP contribution in [0.15, 0.2) is 67.0 Å². The number of fused-ring (bicyclic) bond motifs is 1. The highest BCUT2D eigenvalue weighted by atomic mass is 35.5. The monoisotopic (exact) mass is 338 g/mol. The first-order chi connectivity index (χ1) is 11.7. The second kappa shape index (κ2) is 5.94. The Balaban J connectivity index is 1.86. The number of hydrogen-bond acceptors (Lipinski definition) is 3. The third kappa shape index (κ3) is 2.70. The van der Waals surface area contributed by atoms with Gasteiger partial charge in [-0.1, -0.05) is 17.7 Å². The number of halogens is 2. The molecule has 24 heavy (non-hydrogen) atoms. The van der Waals surface area contributed by atoms with Crippen molar-refractivity contribution >= 4 is 28.8 Å². The number of nitrogens with zero attached hydrogens (tertiary/aromatic N) is 3. The zero-order valence-corrected chi connectivity index (χ0v) is 13.2. The topological polar surface area (TPSA) is 42.2 Å². The van der Waals surface area contributed by atoms with Crippen molar-refractivity contribution < 1.29 is 4.39 Å². The van der Waals surface area contributed by atoms with E-state index in [1.807, 2.05) is 34.9 Å². The third-order valence-corrected chi connectivity index (χ3v) is 3.83. The van der Waals surface area contributed by atoms with E-state index < -0.39 is 0 Å². The summed E-state index contributed by atoms with van der Waals surface area (Å²) < 4.78 is 15.1. The summed E-state index contributed by atoms with van der Waals surface area (Å²) in [6, 6.07) is 15.5. The second-order valence-electron chi connectivity index (χ2n) is 5.23. The van der Waals surface area contributed by atoms with E-state index in [0.29, 0.717) is 16.4 Å². The second-order valence-corrected chi connectivity index (χ2v) is 5.67. The third-order valence-electron chi connectivity index (χ3n) is 3.61. The van der Waals surface area contributed by atoms with Crippen LogP contribution in [0, 0.1) is 5.82 Å². The first-order valence-corrected chi connectivity index (χ1v) is 7.70. The van der Waals surface area contributed by atoms with Crippen LogP contribution in [0.1, 0.15) is 0 Å². The summed E-state index contributed by atoms with van der Waals surface area (Å²) in [4.78, 5) is 9.00. The van der Waals surface area contributed by atoms with E-state index in [9.17, 15) is 4.39 Å². The molecular formula is C18H12ClFN4. The lowest BCUT2D eigenvalue weighted by Gasteiger charge is -2.08. The van der Waals surface area contributed by atoms with Crippen LogP contribution in [-0.4, -0.2) is 14.4 Å². The van der Waals surface area contributed by atoms with Crippen molar-refractivity contribution in [3.8, 4) is 11.4 Å². The minimum Gasteiger partial charge on any atom is -0.339 e. The minimum atomic E-state index is -0.279. The predicted octanol–water partition coefficient (Wildman–Crippen LogP) is 4.93. The Hall–Kier alpha value is -2.92. The summed E-state index contributed by atoms with van der Waals surface area (Å²) >= 11 is 5.92. The molecule has 0 fully saturated rings. The molecule has 118 valence electrons. The van der Waals surface area contributed by atoms with Crippen molar-refractivity contribution in [1.29, 1.82) is 0 Å². The number of anilines is 2. The van der Waals surface area contributed by atoms with Gasteiger partial charge in [-0.15, -0.1) is 0 Å². The maximum atomic E-state index is 13.1. The van der Waals surface area contributed by atoms with E-state index >= 15 is 0 Å². The fraction of sp³-hybridized carbons (Fsp3) is 0. The molecule has 0 atom stereocenters. The van der Waals surface area contributed by atoms with Gasteiger partial charge in [0.05, 0.1) is 10.7 Å². The summed E-state index contributed by atoms with van der Waals surface area (Å²) in [5.74, 6) is 0.477. The summed E-state index contributed by atoms with van der Waals surface area (Å²) in [6.45, 7) is 0. The van der Waals surface area contributed by atoms with Gasteiger partial charge in [-0.3, -0.25) is 9.38 Å². The first kappa shape index (κ1) is 14.7. The Bertz CT molecular complexity index is 994. The maximum Gasteiger partial charge on any atom is 0.144 e. The predicted molar refractivity (Wildman–Crippen MR) is 93.1 cm³/mol. The van der Waals surface area contributed by atoms with Crippen molar-refractivity contribution in [3.63, 3.8) is 0 Å². The molecule has 4 nitrogen and oxygen atoms in total. The molecule has 0 bridgehead atoms. The molecule has 1 aromatic carbocycles. The van der Waals surface area contributed by atoms with Crippen molar-refractivity contribution in [2.24, 2.45) is 0 Å². The molecule has 3 heterocycles. The SMILES string of the molecule is Fc1ccc(Nc2c(-c3ccc(Cl)cn3)nc3ccccn23)cc1. The normalized spacial score (nSPS) is 10.9. The average Bonchev–Trinajstić information content (AvgIpc) is 2.96. The molecule has 4 rings (SSSR count). The van der Waals surface area contributed by atoms with Gasteiger partial charge in [0.1, 0.15) is 23.0 Å². The van der Waals surface area contributed by atoms with Gasteiger partial charge >= 0.3 is 0 Å². The van der Waals surface area contributed by atoms with Gasteiger partial charge in [-0.25, -0.2) is 9.37 Å². The summed E-state index contributed by atoms with van der Waals surface area (Å²) in [6.07, 6.45) is 3.50. The zero-order valence-electron chi connectivity index (χ0n) is 12.4. The smallest absolute Gasteiger partial charge is 0.144 e. The Morgan fingerprint density at radius 3 is 2.58 bits per heavy atom. The van der Waals surface area contributed by atoms with Gasteiger partial charge < -0.3 is 5.32 Å². The molecule has 0 unspecified atom stereocenters. The van der Waals surface area contributed by atoms with E-state index in [2.05, 4.69) is 15.3 Å². The lowest BCUT2D eigenvalue weighted by molar-refractivity contribution is 0.628. The fourth-order valence-corrected chi connectivity index (χ4v) is 2.59. The fourth-order valence-electron chi connectivity index (χ4n) is 2.48. The summed E-state index contributed by atoms with van der Waals surface area (Å²) in [7, 11) is 0. The molecule has 0 saturated heterocycles. The quantitative estimate of drug-likeness (QED) is 0.575. The highest BCUT2D eigenvalue weighted by Crippen LogP contribution is 2.30. The van der Waals surface area contributed by atoms with Gasteiger partial charge in [0.2, 0.25) is 0 Å². The van der Waals surface area contributed by atoms with Crippen LogP contribution in [0.25, 0.3) is 17.0 Å². The molecule has 0 radical (unpaired) electrons. The van der Waals surface area contributed by atoms with E-state index in [-0.39, 0.29) is 5.82 Å². The van der Waals surface area contributed by atoms with Gasteiger partial charge in [0.15, 0.2) is 0 Å². The maximum absolute atomic E-state index is 13.1. The molecule has 3 aromatic heterocycles. The number of hydrogen-bond donors (Lipinski definition) is 1. The molecule has 0 aliphatic heterocycles. The van der Waals surface area contributed by atoms with Crippen molar-refractivity contribution in [3.05, 3.63) is 77.8 Å². The van der Waals surface area contributed by atoms with E-state index in [1.54, 1.807) is 24.4 Å². The highest BCUT2D eigenvalue weighted by Gasteiger charge is 2.15. The van der Waals surface area contributed by atoms with Gasteiger partial charge in [-0.2, -0.15) is 0 Å². The van der Waals surface area contributed by atoms with Crippen LogP contribution in [-0.2, 0) is 0 Å². The molecule has 0 spiro atoms. The van der Waals surface area contributed by atoms with Gasteiger partial charge in [0.25, 0.3) is 0 Å². The molecule has 4 aromatic rings. The van der Waals surface area contributed by atoms with E-state index in [0.717, 1.165) is 17.2 Å². The van der Waals surface area contributed by atoms with Crippen LogP contribution in [0.2, 0.25) is 5.02 Å². The van der Waals surface area contributed by atoms with Crippen LogP contribution >= 0.6 is 11.6 Å². The highest BCUT2D eigenvalue weighted by molar-refractivity contribution is 6.30. The standard InChI is InChI=1S/C18H12ClFN4/c19-12-4-9-15(21-11-12)17-18(22-14-7-5-13(20)6-8-14)24-10-2-1-3-16(24)23-17/h1-11,22H. The molecule has 0 aliphatic rings. The Kier molecular flexibility index (Phi) is 3.63. The number of rotatable bonds is 3. The molecule has 0 aliphatic carbocycles. The first-order valence-electron chi connectivity index (χ1n) is 7.32. The minimum absolute atomic E-state index is 0.279. The number of nitrogens with one attached hydrogen (secondary N) is 1. The Morgan fingerprint density at radius 1 is 1.00 bits per heavy atom. The van der Waals surface area contributed by atoms with Gasteiger partial charge in [-0.05, 0) is 48.5 Å². The molecule has 1 N–H and O–H groups in total. The van der Waals surface area contributed by atoms with Gasteiger partial charge in [0, 0.05) is 18.1 Å². The molecular weight excluding hydrogens is 327 g/mol. The zero-order chi connectivity index (χ0) is 16.5. The van der Waals surface area contributed by atoms with Crippen molar-refractivity contribution in [2.75, 3.05) is 5.32 Å². The van der Waals surface area contributed by atoms with E-state index in [4.69, 9.17) is 11.6 Å². The molecule has 0 amide bonds. The average molecular weight is 339 g/mol. The lowest BCUT2D eigenvalue weighted by atomic mass is 10.2. The summed E-state index contributed by atoms with van der Waals surface area (Å²) in [5.41, 5.74) is 2.95. The van der Waals surface area contributed by atoms with Crippen molar-refractivity contribution in [2.45, 2.75) is 0 Å². The number of aromatic nitrogens is 3.